The minimum atomic E-state index is 0.132. The van der Waals surface area contributed by atoms with Crippen LogP contribution in [0.4, 0.5) is 11.4 Å². The number of hydrogen-bond acceptors (Lipinski definition) is 3. The third kappa shape index (κ3) is 2.57. The number of rotatable bonds is 3. The number of hydrogen-bond donors (Lipinski definition) is 2. The van der Waals surface area contributed by atoms with E-state index in [0.29, 0.717) is 0 Å². The number of fused-ring (bicyclic) bond motifs is 1. The number of likely N-dealkylation sites (N-methyl/N-ethyl adjacent to an activating group) is 1. The lowest BCUT2D eigenvalue weighted by Crippen LogP contribution is -2.39. The summed E-state index contributed by atoms with van der Waals surface area (Å²) >= 11 is 0. The fourth-order valence-electron chi connectivity index (χ4n) is 2.86. The molecular weight excluding hydrogens is 260 g/mol. The zero-order chi connectivity index (χ0) is 14.8. The number of nitrogens with one attached hydrogen (secondary N) is 1. The SMILES string of the molecule is CN1CCN(Cc2ccccc2C(=N)N)c2ccccc21. The average molecular weight is 280 g/mol. The van der Waals surface area contributed by atoms with Crippen LogP contribution in [0.1, 0.15) is 11.1 Å². The molecule has 4 heteroatoms. The van der Waals surface area contributed by atoms with E-state index in [0.717, 1.165) is 30.8 Å². The predicted octanol–water partition coefficient (Wildman–Crippen LogP) is 2.43. The van der Waals surface area contributed by atoms with Gasteiger partial charge in [0.05, 0.1) is 11.4 Å². The van der Waals surface area contributed by atoms with Crippen molar-refractivity contribution < 1.29 is 0 Å². The van der Waals surface area contributed by atoms with Crippen molar-refractivity contribution in [2.24, 2.45) is 5.73 Å². The Morgan fingerprint density at radius 2 is 1.71 bits per heavy atom. The first kappa shape index (κ1) is 13.5. The van der Waals surface area contributed by atoms with Gasteiger partial charge in [0.15, 0.2) is 0 Å². The Hall–Kier alpha value is -2.49. The molecule has 2 aromatic carbocycles. The van der Waals surface area contributed by atoms with E-state index in [1.54, 1.807) is 0 Å². The molecule has 0 amide bonds. The zero-order valence-electron chi connectivity index (χ0n) is 12.2. The van der Waals surface area contributed by atoms with Gasteiger partial charge in [-0.2, -0.15) is 0 Å². The first-order chi connectivity index (χ1) is 10.2. The number of anilines is 2. The van der Waals surface area contributed by atoms with Crippen LogP contribution in [0.5, 0.6) is 0 Å². The lowest BCUT2D eigenvalue weighted by Gasteiger charge is -2.37. The van der Waals surface area contributed by atoms with Crippen molar-refractivity contribution in [2.45, 2.75) is 6.54 Å². The molecule has 0 saturated heterocycles. The van der Waals surface area contributed by atoms with E-state index in [2.05, 4.69) is 47.2 Å². The summed E-state index contributed by atoms with van der Waals surface area (Å²) < 4.78 is 0. The van der Waals surface area contributed by atoms with Crippen LogP contribution in [0.2, 0.25) is 0 Å². The fraction of sp³-hybridized carbons (Fsp3) is 0.235. The second-order valence-electron chi connectivity index (χ2n) is 5.40. The zero-order valence-corrected chi connectivity index (χ0v) is 12.2. The molecule has 1 aliphatic rings. The smallest absolute Gasteiger partial charge is 0.123 e. The molecule has 3 rings (SSSR count). The number of benzene rings is 2. The van der Waals surface area contributed by atoms with E-state index in [1.807, 2.05) is 18.2 Å². The Morgan fingerprint density at radius 3 is 2.48 bits per heavy atom. The molecule has 0 fully saturated rings. The minimum Gasteiger partial charge on any atom is -0.384 e. The maximum atomic E-state index is 7.72. The average Bonchev–Trinajstić information content (AvgIpc) is 2.51. The van der Waals surface area contributed by atoms with Crippen LogP contribution in [0.15, 0.2) is 48.5 Å². The number of nitrogen functional groups attached to an aromatic ring is 1. The standard InChI is InChI=1S/C17H20N4/c1-20-10-11-21(16-9-5-4-8-15(16)20)12-13-6-2-3-7-14(13)17(18)19/h2-9H,10-12H2,1H3,(H3,18,19). The van der Waals surface area contributed by atoms with Crippen molar-refractivity contribution in [3.05, 3.63) is 59.7 Å². The van der Waals surface area contributed by atoms with Gasteiger partial charge >= 0.3 is 0 Å². The Labute approximate surface area is 125 Å². The number of amidine groups is 1. The molecule has 0 saturated carbocycles. The normalized spacial score (nSPS) is 14.0. The number of nitrogens with zero attached hydrogens (tertiary/aromatic N) is 2. The highest BCUT2D eigenvalue weighted by Gasteiger charge is 2.20. The van der Waals surface area contributed by atoms with Gasteiger partial charge in [-0.05, 0) is 17.7 Å². The molecular formula is C17H20N4. The molecule has 0 radical (unpaired) electrons. The van der Waals surface area contributed by atoms with Gasteiger partial charge in [-0.3, -0.25) is 5.41 Å². The number of para-hydroxylation sites is 2. The molecule has 4 nitrogen and oxygen atoms in total. The van der Waals surface area contributed by atoms with E-state index in [1.165, 1.54) is 11.4 Å². The molecule has 0 aliphatic carbocycles. The highest BCUT2D eigenvalue weighted by Crippen LogP contribution is 2.32. The summed E-state index contributed by atoms with van der Waals surface area (Å²) in [5.74, 6) is 0.132. The molecule has 108 valence electrons. The quantitative estimate of drug-likeness (QED) is 0.670. The molecule has 1 aliphatic heterocycles. The van der Waals surface area contributed by atoms with Crippen LogP contribution in [-0.2, 0) is 6.54 Å². The Bertz CT molecular complexity index is 665. The summed E-state index contributed by atoms with van der Waals surface area (Å²) in [4.78, 5) is 4.64. The maximum Gasteiger partial charge on any atom is 0.123 e. The third-order valence-electron chi connectivity index (χ3n) is 4.01. The van der Waals surface area contributed by atoms with Gasteiger partial charge in [-0.1, -0.05) is 36.4 Å². The van der Waals surface area contributed by atoms with Gasteiger partial charge in [0, 0.05) is 32.2 Å². The van der Waals surface area contributed by atoms with Gasteiger partial charge in [0.2, 0.25) is 0 Å². The molecule has 21 heavy (non-hydrogen) atoms. The first-order valence-corrected chi connectivity index (χ1v) is 7.14. The monoisotopic (exact) mass is 280 g/mol. The summed E-state index contributed by atoms with van der Waals surface area (Å²) in [5.41, 5.74) is 10.1. The van der Waals surface area contributed by atoms with Gasteiger partial charge < -0.3 is 15.5 Å². The first-order valence-electron chi connectivity index (χ1n) is 7.14. The van der Waals surface area contributed by atoms with Crippen LogP contribution in [-0.4, -0.2) is 26.0 Å². The molecule has 1 heterocycles. The Morgan fingerprint density at radius 1 is 1.05 bits per heavy atom. The van der Waals surface area contributed by atoms with E-state index in [9.17, 15) is 0 Å². The van der Waals surface area contributed by atoms with Gasteiger partial charge in [-0.25, -0.2) is 0 Å². The third-order valence-corrected chi connectivity index (χ3v) is 4.01. The molecule has 3 N–H and O–H groups in total. The second kappa shape index (κ2) is 5.48. The van der Waals surface area contributed by atoms with Crippen LogP contribution in [0.3, 0.4) is 0 Å². The molecule has 0 bridgehead atoms. The Kier molecular flexibility index (Phi) is 3.52. The van der Waals surface area contributed by atoms with Crippen LogP contribution < -0.4 is 15.5 Å². The summed E-state index contributed by atoms with van der Waals surface area (Å²) in [6.45, 7) is 2.75. The molecule has 2 aromatic rings. The van der Waals surface area contributed by atoms with Crippen LogP contribution in [0, 0.1) is 5.41 Å². The van der Waals surface area contributed by atoms with E-state index >= 15 is 0 Å². The topological polar surface area (TPSA) is 56.4 Å². The predicted molar refractivity (Wildman–Crippen MR) is 88.2 cm³/mol. The lowest BCUT2D eigenvalue weighted by molar-refractivity contribution is 0.734. The van der Waals surface area contributed by atoms with Crippen molar-refractivity contribution in [1.82, 2.24) is 0 Å². The summed E-state index contributed by atoms with van der Waals surface area (Å²) in [6, 6.07) is 16.4. The summed E-state index contributed by atoms with van der Waals surface area (Å²) in [5, 5.41) is 7.72. The minimum absolute atomic E-state index is 0.132. The van der Waals surface area contributed by atoms with Crippen molar-refractivity contribution in [1.29, 1.82) is 5.41 Å². The van der Waals surface area contributed by atoms with Crippen molar-refractivity contribution in [3.8, 4) is 0 Å². The van der Waals surface area contributed by atoms with E-state index < -0.39 is 0 Å². The van der Waals surface area contributed by atoms with Gasteiger partial charge in [-0.15, -0.1) is 0 Å². The van der Waals surface area contributed by atoms with Crippen molar-refractivity contribution in [2.75, 3.05) is 29.9 Å². The maximum absolute atomic E-state index is 7.72. The van der Waals surface area contributed by atoms with E-state index in [-0.39, 0.29) is 5.84 Å². The molecule has 0 unspecified atom stereocenters. The largest absolute Gasteiger partial charge is 0.384 e. The van der Waals surface area contributed by atoms with E-state index in [4.69, 9.17) is 11.1 Å². The van der Waals surface area contributed by atoms with Crippen molar-refractivity contribution >= 4 is 17.2 Å². The fourth-order valence-corrected chi connectivity index (χ4v) is 2.86. The molecule has 0 spiro atoms. The second-order valence-corrected chi connectivity index (χ2v) is 5.40. The summed E-state index contributed by atoms with van der Waals surface area (Å²) in [7, 11) is 2.12. The highest BCUT2D eigenvalue weighted by molar-refractivity contribution is 5.96. The van der Waals surface area contributed by atoms with Crippen molar-refractivity contribution in [3.63, 3.8) is 0 Å². The molecule has 0 atom stereocenters. The lowest BCUT2D eigenvalue weighted by atomic mass is 10.0. The van der Waals surface area contributed by atoms with Gasteiger partial charge in [0.25, 0.3) is 0 Å². The van der Waals surface area contributed by atoms with Crippen LogP contribution in [0.25, 0.3) is 0 Å². The molecule has 0 aromatic heterocycles. The number of nitrogens with two attached hydrogens (primary N) is 1. The Balaban J connectivity index is 1.93. The summed E-state index contributed by atoms with van der Waals surface area (Å²) in [6.07, 6.45) is 0. The van der Waals surface area contributed by atoms with Crippen LogP contribution >= 0.6 is 0 Å². The van der Waals surface area contributed by atoms with Gasteiger partial charge in [0.1, 0.15) is 5.84 Å². The highest BCUT2D eigenvalue weighted by atomic mass is 15.2.